The predicted molar refractivity (Wildman–Crippen MR) is 48.0 cm³/mol. The number of aliphatic carboxylic acids is 2. The Morgan fingerprint density at radius 1 is 1.00 bits per heavy atom. The van der Waals surface area contributed by atoms with Crippen LogP contribution in [0.5, 0.6) is 5.75 Å². The molecule has 0 saturated carbocycles. The average molecular weight is 198 g/mol. The number of phenolic OH excluding ortho intramolecular Hbond substituents is 1. The fourth-order valence-corrected chi connectivity index (χ4v) is 0.557. The molecule has 0 spiro atoms. The molecule has 0 aliphatic heterocycles. The first-order valence-electron chi connectivity index (χ1n) is 3.70. The van der Waals surface area contributed by atoms with Crippen LogP contribution in [-0.2, 0) is 9.59 Å². The van der Waals surface area contributed by atoms with E-state index in [0.717, 1.165) is 0 Å². The molecule has 0 unspecified atom stereocenters. The van der Waals surface area contributed by atoms with E-state index in [1.54, 1.807) is 24.3 Å². The Kier molecular flexibility index (Phi) is 5.53. The van der Waals surface area contributed by atoms with Crippen molar-refractivity contribution >= 4 is 11.9 Å². The highest BCUT2D eigenvalue weighted by Crippen LogP contribution is 2.02. The molecule has 5 heteroatoms. The van der Waals surface area contributed by atoms with Crippen LogP contribution in [0.3, 0.4) is 0 Å². The summed E-state index contributed by atoms with van der Waals surface area (Å²) in [6.45, 7) is 0. The van der Waals surface area contributed by atoms with Crippen LogP contribution in [0.1, 0.15) is 6.42 Å². The maximum Gasteiger partial charge on any atom is 0.314 e. The SMILES string of the molecule is O=C(O)CC(=O)O.Oc1ccccc1. The van der Waals surface area contributed by atoms with E-state index in [1.807, 2.05) is 6.07 Å². The van der Waals surface area contributed by atoms with Gasteiger partial charge in [0.15, 0.2) is 0 Å². The topological polar surface area (TPSA) is 94.8 Å². The lowest BCUT2D eigenvalue weighted by Crippen LogP contribution is -2.03. The minimum Gasteiger partial charge on any atom is -0.508 e. The van der Waals surface area contributed by atoms with Gasteiger partial charge in [-0.3, -0.25) is 9.59 Å². The molecular weight excluding hydrogens is 188 g/mol. The molecule has 1 rings (SSSR count). The van der Waals surface area contributed by atoms with Gasteiger partial charge in [-0.2, -0.15) is 0 Å². The monoisotopic (exact) mass is 198 g/mol. The van der Waals surface area contributed by atoms with Crippen LogP contribution in [0.25, 0.3) is 0 Å². The summed E-state index contributed by atoms with van der Waals surface area (Å²) >= 11 is 0. The first kappa shape index (κ1) is 12.0. The molecule has 0 heterocycles. The summed E-state index contributed by atoms with van der Waals surface area (Å²) in [5, 5.41) is 24.0. The zero-order valence-corrected chi connectivity index (χ0v) is 7.25. The highest BCUT2D eigenvalue weighted by molar-refractivity contribution is 5.88. The Morgan fingerprint density at radius 3 is 1.57 bits per heavy atom. The first-order chi connectivity index (χ1) is 6.52. The van der Waals surface area contributed by atoms with Gasteiger partial charge >= 0.3 is 11.9 Å². The molecular formula is C9H10O5. The molecule has 14 heavy (non-hydrogen) atoms. The maximum atomic E-state index is 9.43. The van der Waals surface area contributed by atoms with E-state index in [2.05, 4.69) is 0 Å². The van der Waals surface area contributed by atoms with Crippen molar-refractivity contribution in [2.24, 2.45) is 0 Å². The van der Waals surface area contributed by atoms with Gasteiger partial charge in [-0.05, 0) is 12.1 Å². The van der Waals surface area contributed by atoms with Crippen molar-refractivity contribution in [3.05, 3.63) is 30.3 Å². The summed E-state index contributed by atoms with van der Waals surface area (Å²) in [6.07, 6.45) is -0.806. The minimum atomic E-state index is -1.31. The van der Waals surface area contributed by atoms with E-state index < -0.39 is 18.4 Å². The molecule has 3 N–H and O–H groups in total. The molecule has 0 fully saturated rings. The molecule has 1 aromatic rings. The van der Waals surface area contributed by atoms with Gasteiger partial charge in [0.1, 0.15) is 12.2 Å². The molecule has 0 atom stereocenters. The van der Waals surface area contributed by atoms with Crippen molar-refractivity contribution in [1.82, 2.24) is 0 Å². The second-order valence-electron chi connectivity index (χ2n) is 2.30. The van der Waals surface area contributed by atoms with Gasteiger partial charge in [0.2, 0.25) is 0 Å². The van der Waals surface area contributed by atoms with E-state index in [9.17, 15) is 9.59 Å². The Hall–Kier alpha value is -2.04. The Balaban J connectivity index is 0.000000241. The zero-order chi connectivity index (χ0) is 11.0. The lowest BCUT2D eigenvalue weighted by Gasteiger charge is -1.82. The molecule has 0 radical (unpaired) electrons. The highest BCUT2D eigenvalue weighted by Gasteiger charge is 2.01. The van der Waals surface area contributed by atoms with E-state index in [4.69, 9.17) is 15.3 Å². The number of phenols is 1. The summed E-state index contributed by atoms with van der Waals surface area (Å²) in [4.78, 5) is 18.9. The summed E-state index contributed by atoms with van der Waals surface area (Å²) in [5.41, 5.74) is 0. The van der Waals surface area contributed by atoms with Crippen molar-refractivity contribution in [3.8, 4) is 5.75 Å². The van der Waals surface area contributed by atoms with Crippen molar-refractivity contribution in [3.63, 3.8) is 0 Å². The van der Waals surface area contributed by atoms with Crippen LogP contribution in [0, 0.1) is 0 Å². The van der Waals surface area contributed by atoms with Gasteiger partial charge in [-0.25, -0.2) is 0 Å². The normalized spacial score (nSPS) is 8.29. The van der Waals surface area contributed by atoms with Gasteiger partial charge in [-0.1, -0.05) is 18.2 Å². The van der Waals surface area contributed by atoms with Crippen molar-refractivity contribution in [2.75, 3.05) is 0 Å². The van der Waals surface area contributed by atoms with Crippen molar-refractivity contribution in [1.29, 1.82) is 0 Å². The average Bonchev–Trinajstić information content (AvgIpc) is 2.03. The molecule has 0 aliphatic rings. The van der Waals surface area contributed by atoms with E-state index in [0.29, 0.717) is 5.75 Å². The number of hydrogen-bond acceptors (Lipinski definition) is 3. The van der Waals surface area contributed by atoms with Crippen LogP contribution < -0.4 is 0 Å². The molecule has 0 amide bonds. The molecule has 1 aromatic carbocycles. The van der Waals surface area contributed by atoms with Crippen molar-refractivity contribution < 1.29 is 24.9 Å². The highest BCUT2D eigenvalue weighted by atomic mass is 16.4. The predicted octanol–water partition coefficient (Wildman–Crippen LogP) is 0.938. The van der Waals surface area contributed by atoms with E-state index in [1.165, 1.54) is 0 Å². The third kappa shape index (κ3) is 8.06. The number of aromatic hydroxyl groups is 1. The standard InChI is InChI=1S/C6H6O.C3H4O4/c7-6-4-2-1-3-5-6;4-2(5)1-3(6)7/h1-5,7H;1H2,(H,4,5)(H,6,7). The largest absolute Gasteiger partial charge is 0.508 e. The van der Waals surface area contributed by atoms with Gasteiger partial charge in [0.25, 0.3) is 0 Å². The zero-order valence-electron chi connectivity index (χ0n) is 7.25. The van der Waals surface area contributed by atoms with Gasteiger partial charge < -0.3 is 15.3 Å². The second kappa shape index (κ2) is 6.47. The molecule has 0 bridgehead atoms. The van der Waals surface area contributed by atoms with E-state index >= 15 is 0 Å². The summed E-state index contributed by atoms with van der Waals surface area (Å²) in [7, 11) is 0. The maximum absolute atomic E-state index is 9.43. The van der Waals surface area contributed by atoms with Gasteiger partial charge in [0, 0.05) is 0 Å². The van der Waals surface area contributed by atoms with Crippen LogP contribution in [0.4, 0.5) is 0 Å². The van der Waals surface area contributed by atoms with Crippen LogP contribution in [0.2, 0.25) is 0 Å². The summed E-state index contributed by atoms with van der Waals surface area (Å²) in [6, 6.07) is 8.71. The first-order valence-corrected chi connectivity index (χ1v) is 3.70. The minimum absolute atomic E-state index is 0.322. The molecule has 5 nitrogen and oxygen atoms in total. The fraction of sp³-hybridized carbons (Fsp3) is 0.111. The number of carbonyl (C=O) groups is 2. The van der Waals surface area contributed by atoms with Crippen LogP contribution >= 0.6 is 0 Å². The van der Waals surface area contributed by atoms with Crippen LogP contribution in [0.15, 0.2) is 30.3 Å². The summed E-state index contributed by atoms with van der Waals surface area (Å²) < 4.78 is 0. The number of benzene rings is 1. The Morgan fingerprint density at radius 2 is 1.43 bits per heavy atom. The summed E-state index contributed by atoms with van der Waals surface area (Å²) in [5.74, 6) is -2.30. The Labute approximate surface area is 80.2 Å². The molecule has 76 valence electrons. The Bertz CT molecular complexity index is 281. The third-order valence-electron chi connectivity index (χ3n) is 1.06. The lowest BCUT2D eigenvalue weighted by atomic mass is 10.3. The molecule has 0 aliphatic carbocycles. The second-order valence-corrected chi connectivity index (χ2v) is 2.30. The number of carboxylic acid groups (broad SMARTS) is 2. The number of para-hydroxylation sites is 1. The number of rotatable bonds is 2. The number of hydrogen-bond donors (Lipinski definition) is 3. The third-order valence-corrected chi connectivity index (χ3v) is 1.06. The molecule has 0 saturated heterocycles. The lowest BCUT2D eigenvalue weighted by molar-refractivity contribution is -0.147. The van der Waals surface area contributed by atoms with E-state index in [-0.39, 0.29) is 0 Å². The van der Waals surface area contributed by atoms with Crippen LogP contribution in [-0.4, -0.2) is 27.3 Å². The fourth-order valence-electron chi connectivity index (χ4n) is 0.557. The molecule has 0 aromatic heterocycles. The van der Waals surface area contributed by atoms with Crippen molar-refractivity contribution in [2.45, 2.75) is 6.42 Å². The number of carboxylic acids is 2. The quantitative estimate of drug-likeness (QED) is 0.614. The van der Waals surface area contributed by atoms with Gasteiger partial charge in [0.05, 0.1) is 0 Å². The van der Waals surface area contributed by atoms with Gasteiger partial charge in [-0.15, -0.1) is 0 Å². The smallest absolute Gasteiger partial charge is 0.314 e.